The number of nitrogens with zero attached hydrogens (tertiary/aromatic N) is 1. The molecule has 136 valence electrons. The van der Waals surface area contributed by atoms with Crippen molar-refractivity contribution in [1.29, 1.82) is 0 Å². The smallest absolute Gasteiger partial charge is 0.321 e. The van der Waals surface area contributed by atoms with Crippen LogP contribution >= 0.6 is 0 Å². The summed E-state index contributed by atoms with van der Waals surface area (Å²) in [7, 11) is 1.51. The van der Waals surface area contributed by atoms with Gasteiger partial charge in [-0.25, -0.2) is 4.79 Å². The van der Waals surface area contributed by atoms with Crippen molar-refractivity contribution in [2.75, 3.05) is 25.5 Å². The number of anilines is 1. The van der Waals surface area contributed by atoms with E-state index in [1.54, 1.807) is 18.2 Å². The van der Waals surface area contributed by atoms with E-state index in [0.717, 1.165) is 0 Å². The van der Waals surface area contributed by atoms with Gasteiger partial charge in [0.2, 0.25) is 0 Å². The number of hydrogen-bond acceptors (Lipinski definition) is 4. The first-order valence-corrected chi connectivity index (χ1v) is 8.26. The number of carbonyl (C=O) groups excluding carboxylic acids is 1. The van der Waals surface area contributed by atoms with Crippen molar-refractivity contribution in [2.45, 2.75) is 6.42 Å². The molecule has 2 N–H and O–H groups in total. The number of carboxylic acids is 1. The average molecular weight is 356 g/mol. The molecule has 1 atom stereocenters. The zero-order valence-electron chi connectivity index (χ0n) is 14.3. The van der Waals surface area contributed by atoms with Crippen LogP contribution < -0.4 is 14.8 Å². The van der Waals surface area contributed by atoms with Gasteiger partial charge in [-0.15, -0.1) is 0 Å². The molecule has 0 radical (unpaired) electrons. The fraction of sp³-hybridized carbons (Fsp3) is 0.263. The largest absolute Gasteiger partial charge is 0.494 e. The molecule has 0 saturated carbocycles. The van der Waals surface area contributed by atoms with Crippen LogP contribution in [0.4, 0.5) is 10.5 Å². The Kier molecular flexibility index (Phi) is 5.26. The molecule has 1 aliphatic heterocycles. The number of hydrogen-bond donors (Lipinski definition) is 2. The summed E-state index contributed by atoms with van der Waals surface area (Å²) in [6, 6.07) is 14.1. The normalized spacial score (nSPS) is 16.2. The fourth-order valence-corrected chi connectivity index (χ4v) is 2.80. The molecule has 0 aliphatic carbocycles. The lowest BCUT2D eigenvalue weighted by atomic mass is 10.1. The van der Waals surface area contributed by atoms with Crippen LogP contribution in [-0.4, -0.2) is 42.2 Å². The van der Waals surface area contributed by atoms with E-state index in [1.165, 1.54) is 12.0 Å². The topological polar surface area (TPSA) is 88.1 Å². The molecule has 0 spiro atoms. The van der Waals surface area contributed by atoms with E-state index in [1.807, 2.05) is 30.3 Å². The van der Waals surface area contributed by atoms with Gasteiger partial charge < -0.3 is 24.8 Å². The van der Waals surface area contributed by atoms with Crippen molar-refractivity contribution in [3.63, 3.8) is 0 Å². The Morgan fingerprint density at radius 2 is 1.92 bits per heavy atom. The first-order valence-electron chi connectivity index (χ1n) is 8.26. The minimum atomic E-state index is -0.875. The molecule has 0 aromatic heterocycles. The number of benzene rings is 2. The van der Waals surface area contributed by atoms with E-state index < -0.39 is 11.9 Å². The standard InChI is InChI=1S/C19H20N2O5/c1-25-17-11-15(26-14-5-3-2-4-6-14)7-8-16(17)20-19(24)21-10-9-13(12-21)18(22)23/h2-8,11,13H,9-10,12H2,1H3,(H,20,24)(H,22,23). The summed E-state index contributed by atoms with van der Waals surface area (Å²) >= 11 is 0. The molecule has 2 aromatic carbocycles. The number of likely N-dealkylation sites (tertiary alicyclic amines) is 1. The number of methoxy groups -OCH3 is 1. The Hall–Kier alpha value is -3.22. The third kappa shape index (κ3) is 4.05. The molecule has 0 bridgehead atoms. The zero-order valence-corrected chi connectivity index (χ0v) is 14.3. The Balaban J connectivity index is 1.68. The van der Waals surface area contributed by atoms with Crippen molar-refractivity contribution in [2.24, 2.45) is 5.92 Å². The lowest BCUT2D eigenvalue weighted by Crippen LogP contribution is -2.33. The van der Waals surface area contributed by atoms with E-state index in [9.17, 15) is 9.59 Å². The second-order valence-corrected chi connectivity index (χ2v) is 5.98. The van der Waals surface area contributed by atoms with Gasteiger partial charge in [-0.2, -0.15) is 0 Å². The fourth-order valence-electron chi connectivity index (χ4n) is 2.80. The third-order valence-electron chi connectivity index (χ3n) is 4.22. The summed E-state index contributed by atoms with van der Waals surface area (Å²) in [5.74, 6) is 0.353. The number of aliphatic carboxylic acids is 1. The van der Waals surface area contributed by atoms with Crippen LogP contribution in [0, 0.1) is 5.92 Å². The Morgan fingerprint density at radius 1 is 1.15 bits per heavy atom. The van der Waals surface area contributed by atoms with Gasteiger partial charge in [0, 0.05) is 19.2 Å². The molecular weight excluding hydrogens is 336 g/mol. The highest BCUT2D eigenvalue weighted by Gasteiger charge is 2.31. The van der Waals surface area contributed by atoms with Crippen LogP contribution in [0.5, 0.6) is 17.2 Å². The third-order valence-corrected chi connectivity index (χ3v) is 4.22. The highest BCUT2D eigenvalue weighted by molar-refractivity contribution is 5.91. The van der Waals surface area contributed by atoms with Crippen molar-refractivity contribution in [1.82, 2.24) is 4.90 Å². The summed E-state index contributed by atoms with van der Waals surface area (Å²) in [5, 5.41) is 11.8. The lowest BCUT2D eigenvalue weighted by molar-refractivity contribution is -0.141. The molecule has 2 aromatic rings. The molecule has 1 saturated heterocycles. The molecule has 7 nitrogen and oxygen atoms in total. The highest BCUT2D eigenvalue weighted by Crippen LogP contribution is 2.32. The first kappa shape index (κ1) is 17.6. The van der Waals surface area contributed by atoms with Gasteiger partial charge in [0.1, 0.15) is 17.2 Å². The maximum Gasteiger partial charge on any atom is 0.321 e. The van der Waals surface area contributed by atoms with Gasteiger partial charge in [-0.3, -0.25) is 4.79 Å². The maximum atomic E-state index is 12.4. The Bertz CT molecular complexity index is 794. The van der Waals surface area contributed by atoms with Crippen LogP contribution in [0.15, 0.2) is 48.5 Å². The second-order valence-electron chi connectivity index (χ2n) is 5.98. The van der Waals surface area contributed by atoms with Crippen molar-refractivity contribution in [3.05, 3.63) is 48.5 Å². The average Bonchev–Trinajstić information content (AvgIpc) is 3.14. The van der Waals surface area contributed by atoms with Gasteiger partial charge in [0.25, 0.3) is 0 Å². The number of carboxylic acid groups (broad SMARTS) is 1. The molecule has 2 amide bonds. The SMILES string of the molecule is COc1cc(Oc2ccccc2)ccc1NC(=O)N1CCC(C(=O)O)C1. The van der Waals surface area contributed by atoms with E-state index in [4.69, 9.17) is 14.6 Å². The van der Waals surface area contributed by atoms with Gasteiger partial charge in [0.15, 0.2) is 0 Å². The Labute approximate surface area is 151 Å². The number of carbonyl (C=O) groups is 2. The summed E-state index contributed by atoms with van der Waals surface area (Å²) in [5.41, 5.74) is 0.497. The number of rotatable bonds is 5. The van der Waals surface area contributed by atoms with Gasteiger partial charge in [-0.1, -0.05) is 18.2 Å². The summed E-state index contributed by atoms with van der Waals surface area (Å²) in [4.78, 5) is 24.9. The van der Waals surface area contributed by atoms with E-state index >= 15 is 0 Å². The molecule has 1 fully saturated rings. The van der Waals surface area contributed by atoms with Crippen LogP contribution in [0.2, 0.25) is 0 Å². The second kappa shape index (κ2) is 7.77. The summed E-state index contributed by atoms with van der Waals surface area (Å²) in [6.45, 7) is 0.624. The Morgan fingerprint density at radius 3 is 2.58 bits per heavy atom. The predicted molar refractivity (Wildman–Crippen MR) is 95.8 cm³/mol. The summed E-state index contributed by atoms with van der Waals surface area (Å²) < 4.78 is 11.1. The summed E-state index contributed by atoms with van der Waals surface area (Å²) in [6.07, 6.45) is 0.462. The van der Waals surface area contributed by atoms with E-state index in [-0.39, 0.29) is 12.6 Å². The van der Waals surface area contributed by atoms with Crippen LogP contribution in [0.3, 0.4) is 0 Å². The van der Waals surface area contributed by atoms with E-state index in [0.29, 0.717) is 35.9 Å². The van der Waals surface area contributed by atoms with E-state index in [2.05, 4.69) is 5.32 Å². The molecule has 1 aliphatic rings. The van der Waals surface area contributed by atoms with Crippen molar-refractivity contribution in [3.8, 4) is 17.2 Å². The molecule has 7 heteroatoms. The van der Waals surface area contributed by atoms with Crippen LogP contribution in [0.25, 0.3) is 0 Å². The monoisotopic (exact) mass is 356 g/mol. The first-order chi connectivity index (χ1) is 12.6. The number of ether oxygens (including phenoxy) is 2. The maximum absolute atomic E-state index is 12.4. The lowest BCUT2D eigenvalue weighted by Gasteiger charge is -2.18. The molecule has 26 heavy (non-hydrogen) atoms. The number of para-hydroxylation sites is 1. The van der Waals surface area contributed by atoms with Crippen molar-refractivity contribution < 1.29 is 24.2 Å². The van der Waals surface area contributed by atoms with Crippen LogP contribution in [0.1, 0.15) is 6.42 Å². The van der Waals surface area contributed by atoms with Crippen LogP contribution in [-0.2, 0) is 4.79 Å². The molecular formula is C19H20N2O5. The molecule has 1 heterocycles. The van der Waals surface area contributed by atoms with Crippen molar-refractivity contribution >= 4 is 17.7 Å². The minimum absolute atomic E-state index is 0.207. The zero-order chi connectivity index (χ0) is 18.5. The molecule has 3 rings (SSSR count). The highest BCUT2D eigenvalue weighted by atomic mass is 16.5. The number of amides is 2. The number of nitrogens with one attached hydrogen (secondary N) is 1. The quantitative estimate of drug-likeness (QED) is 0.857. The number of urea groups is 1. The van der Waals surface area contributed by atoms with Gasteiger partial charge >= 0.3 is 12.0 Å². The predicted octanol–water partition coefficient (Wildman–Crippen LogP) is 3.43. The van der Waals surface area contributed by atoms with Gasteiger partial charge in [-0.05, 0) is 30.7 Å². The minimum Gasteiger partial charge on any atom is -0.494 e. The van der Waals surface area contributed by atoms with Gasteiger partial charge in [0.05, 0.1) is 18.7 Å². The molecule has 1 unspecified atom stereocenters.